The third kappa shape index (κ3) is 3.25. The van der Waals surface area contributed by atoms with Crippen molar-refractivity contribution in [1.82, 2.24) is 15.3 Å². The van der Waals surface area contributed by atoms with E-state index in [1.807, 2.05) is 18.3 Å². The standard InChI is InChI=1S/C16H22FN3/c1-11(2)18-9-14-10-19-15(20-14)16(3,4)12-5-7-13(17)8-6-12/h5-8,10-11,18H,9H2,1-4H3,(H,19,20). The van der Waals surface area contributed by atoms with Crippen LogP contribution in [0.1, 0.15) is 44.8 Å². The average molecular weight is 275 g/mol. The molecule has 4 heteroatoms. The first kappa shape index (κ1) is 14.7. The highest BCUT2D eigenvalue weighted by molar-refractivity contribution is 5.31. The molecule has 0 aliphatic heterocycles. The Morgan fingerprint density at radius 2 is 1.90 bits per heavy atom. The second-order valence-electron chi connectivity index (χ2n) is 5.92. The number of aromatic amines is 1. The Labute approximate surface area is 119 Å². The summed E-state index contributed by atoms with van der Waals surface area (Å²) in [6, 6.07) is 7.03. The topological polar surface area (TPSA) is 40.7 Å². The number of hydrogen-bond acceptors (Lipinski definition) is 2. The maximum Gasteiger partial charge on any atom is 0.123 e. The van der Waals surface area contributed by atoms with Crippen LogP contribution in [-0.4, -0.2) is 16.0 Å². The largest absolute Gasteiger partial charge is 0.344 e. The summed E-state index contributed by atoms with van der Waals surface area (Å²) in [7, 11) is 0. The maximum atomic E-state index is 13.0. The number of rotatable bonds is 5. The van der Waals surface area contributed by atoms with Crippen molar-refractivity contribution in [2.24, 2.45) is 0 Å². The highest BCUT2D eigenvalue weighted by Crippen LogP contribution is 2.29. The molecule has 0 fully saturated rings. The Hall–Kier alpha value is -1.68. The third-order valence-electron chi connectivity index (χ3n) is 3.49. The number of H-pyrrole nitrogens is 1. The summed E-state index contributed by atoms with van der Waals surface area (Å²) < 4.78 is 13.0. The summed E-state index contributed by atoms with van der Waals surface area (Å²) in [5, 5.41) is 3.35. The molecule has 1 aromatic heterocycles. The minimum absolute atomic E-state index is 0.217. The molecule has 0 amide bonds. The van der Waals surface area contributed by atoms with Crippen molar-refractivity contribution in [3.8, 4) is 0 Å². The van der Waals surface area contributed by atoms with Gasteiger partial charge in [-0.1, -0.05) is 26.0 Å². The van der Waals surface area contributed by atoms with Gasteiger partial charge in [0.15, 0.2) is 0 Å². The Balaban J connectivity index is 2.19. The van der Waals surface area contributed by atoms with Crippen molar-refractivity contribution >= 4 is 0 Å². The lowest BCUT2D eigenvalue weighted by atomic mass is 9.84. The zero-order valence-electron chi connectivity index (χ0n) is 12.5. The molecule has 1 aromatic carbocycles. The molecule has 0 radical (unpaired) electrons. The molecule has 2 N–H and O–H groups in total. The Morgan fingerprint density at radius 1 is 1.25 bits per heavy atom. The van der Waals surface area contributed by atoms with Gasteiger partial charge in [-0.2, -0.15) is 0 Å². The fraction of sp³-hybridized carbons (Fsp3) is 0.438. The summed E-state index contributed by atoms with van der Waals surface area (Å²) in [6.45, 7) is 9.15. The molecule has 1 heterocycles. The molecule has 3 nitrogen and oxygen atoms in total. The number of nitrogens with zero attached hydrogens (tertiary/aromatic N) is 1. The molecule has 2 rings (SSSR count). The van der Waals surface area contributed by atoms with Gasteiger partial charge in [0.25, 0.3) is 0 Å². The monoisotopic (exact) mass is 275 g/mol. The van der Waals surface area contributed by atoms with Crippen LogP contribution in [0, 0.1) is 5.82 Å². The molecule has 2 aromatic rings. The molecule has 0 saturated heterocycles. The molecule has 20 heavy (non-hydrogen) atoms. The van der Waals surface area contributed by atoms with Crippen molar-refractivity contribution in [3.63, 3.8) is 0 Å². The first-order valence-corrected chi connectivity index (χ1v) is 6.93. The van der Waals surface area contributed by atoms with E-state index in [0.717, 1.165) is 23.6 Å². The quantitative estimate of drug-likeness (QED) is 0.878. The Morgan fingerprint density at radius 3 is 2.50 bits per heavy atom. The lowest BCUT2D eigenvalue weighted by Gasteiger charge is -2.22. The minimum Gasteiger partial charge on any atom is -0.344 e. The molecule has 0 saturated carbocycles. The fourth-order valence-electron chi connectivity index (χ4n) is 2.08. The van der Waals surface area contributed by atoms with Crippen LogP contribution in [0.25, 0.3) is 0 Å². The molecule has 0 atom stereocenters. The highest BCUT2D eigenvalue weighted by Gasteiger charge is 2.26. The molecule has 108 valence electrons. The predicted molar refractivity (Wildman–Crippen MR) is 79.1 cm³/mol. The van der Waals surface area contributed by atoms with Crippen molar-refractivity contribution in [1.29, 1.82) is 0 Å². The SMILES string of the molecule is CC(C)NCc1cnc(C(C)(C)c2ccc(F)cc2)[nH]1. The normalized spacial score (nSPS) is 12.1. The summed E-state index contributed by atoms with van der Waals surface area (Å²) in [6.07, 6.45) is 1.86. The van der Waals surface area contributed by atoms with Crippen LogP contribution in [0.5, 0.6) is 0 Å². The Bertz CT molecular complexity index is 555. The zero-order chi connectivity index (χ0) is 14.8. The van der Waals surface area contributed by atoms with Crippen molar-refractivity contribution in [2.75, 3.05) is 0 Å². The lowest BCUT2D eigenvalue weighted by molar-refractivity contribution is 0.571. The number of halogens is 1. The van der Waals surface area contributed by atoms with Gasteiger partial charge in [-0.25, -0.2) is 9.37 Å². The van der Waals surface area contributed by atoms with Crippen LogP contribution in [0.15, 0.2) is 30.5 Å². The van der Waals surface area contributed by atoms with Gasteiger partial charge in [0.2, 0.25) is 0 Å². The van der Waals surface area contributed by atoms with E-state index >= 15 is 0 Å². The first-order valence-electron chi connectivity index (χ1n) is 6.93. The van der Waals surface area contributed by atoms with E-state index in [1.165, 1.54) is 12.1 Å². The molecule has 0 bridgehead atoms. The van der Waals surface area contributed by atoms with E-state index < -0.39 is 0 Å². The average Bonchev–Trinajstić information content (AvgIpc) is 2.86. The van der Waals surface area contributed by atoms with Crippen molar-refractivity contribution in [3.05, 3.63) is 53.4 Å². The second kappa shape index (κ2) is 5.75. The first-order chi connectivity index (χ1) is 9.39. The lowest BCUT2D eigenvalue weighted by Crippen LogP contribution is -2.23. The number of benzene rings is 1. The van der Waals surface area contributed by atoms with Crippen LogP contribution < -0.4 is 5.32 Å². The van der Waals surface area contributed by atoms with E-state index in [9.17, 15) is 4.39 Å². The van der Waals surface area contributed by atoms with Gasteiger partial charge < -0.3 is 10.3 Å². The van der Waals surface area contributed by atoms with Crippen LogP contribution in [0.2, 0.25) is 0 Å². The van der Waals surface area contributed by atoms with Gasteiger partial charge in [0.1, 0.15) is 11.6 Å². The van der Waals surface area contributed by atoms with Gasteiger partial charge in [0, 0.05) is 29.9 Å². The maximum absolute atomic E-state index is 13.0. The van der Waals surface area contributed by atoms with Gasteiger partial charge >= 0.3 is 0 Å². The molecular weight excluding hydrogens is 253 g/mol. The van der Waals surface area contributed by atoms with Gasteiger partial charge in [-0.15, -0.1) is 0 Å². The van der Waals surface area contributed by atoms with Crippen LogP contribution in [0.4, 0.5) is 4.39 Å². The highest BCUT2D eigenvalue weighted by atomic mass is 19.1. The molecule has 0 aliphatic rings. The Kier molecular flexibility index (Phi) is 4.23. The molecule has 0 unspecified atom stereocenters. The van der Waals surface area contributed by atoms with E-state index in [-0.39, 0.29) is 11.2 Å². The van der Waals surface area contributed by atoms with E-state index in [2.05, 4.69) is 43.0 Å². The van der Waals surface area contributed by atoms with Gasteiger partial charge in [-0.3, -0.25) is 0 Å². The van der Waals surface area contributed by atoms with Crippen molar-refractivity contribution < 1.29 is 4.39 Å². The second-order valence-corrected chi connectivity index (χ2v) is 5.92. The zero-order valence-corrected chi connectivity index (χ0v) is 12.5. The number of nitrogens with one attached hydrogen (secondary N) is 2. The van der Waals surface area contributed by atoms with Gasteiger partial charge in [0.05, 0.1) is 0 Å². The smallest absolute Gasteiger partial charge is 0.123 e. The van der Waals surface area contributed by atoms with E-state index in [0.29, 0.717) is 6.04 Å². The molecule has 0 aliphatic carbocycles. The number of hydrogen-bond donors (Lipinski definition) is 2. The molecule has 0 spiro atoms. The van der Waals surface area contributed by atoms with Gasteiger partial charge in [-0.05, 0) is 31.5 Å². The minimum atomic E-state index is -0.274. The number of imidazole rings is 1. The number of aromatic nitrogens is 2. The van der Waals surface area contributed by atoms with Crippen LogP contribution in [-0.2, 0) is 12.0 Å². The fourth-order valence-corrected chi connectivity index (χ4v) is 2.08. The predicted octanol–water partition coefficient (Wildman–Crippen LogP) is 3.37. The van der Waals surface area contributed by atoms with Crippen molar-refractivity contribution in [2.45, 2.75) is 45.7 Å². The van der Waals surface area contributed by atoms with E-state index in [1.54, 1.807) is 0 Å². The third-order valence-corrected chi connectivity index (χ3v) is 3.49. The molecular formula is C16H22FN3. The summed E-state index contributed by atoms with van der Waals surface area (Å²) in [4.78, 5) is 7.83. The summed E-state index contributed by atoms with van der Waals surface area (Å²) >= 11 is 0. The van der Waals surface area contributed by atoms with Crippen LogP contribution in [0.3, 0.4) is 0 Å². The summed E-state index contributed by atoms with van der Waals surface area (Å²) in [5.41, 5.74) is 1.82. The van der Waals surface area contributed by atoms with E-state index in [4.69, 9.17) is 0 Å². The van der Waals surface area contributed by atoms with Crippen LogP contribution >= 0.6 is 0 Å². The summed E-state index contributed by atoms with van der Waals surface area (Å²) in [5.74, 6) is 0.676.